The van der Waals surface area contributed by atoms with E-state index in [9.17, 15) is 4.79 Å². The highest BCUT2D eigenvalue weighted by Crippen LogP contribution is 2.03. The summed E-state index contributed by atoms with van der Waals surface area (Å²) in [7, 11) is 1.85. The minimum atomic E-state index is 0.141. The molecule has 0 radical (unpaired) electrons. The molecule has 0 aliphatic heterocycles. The molecule has 3 heteroatoms. The molecule has 78 valence electrons. The van der Waals surface area contributed by atoms with Gasteiger partial charge in [-0.3, -0.25) is 4.79 Å². The van der Waals surface area contributed by atoms with E-state index in [0.29, 0.717) is 18.4 Å². The molecule has 1 amide bonds. The molecule has 1 atom stereocenters. The van der Waals surface area contributed by atoms with E-state index in [0.717, 1.165) is 13.0 Å². The van der Waals surface area contributed by atoms with E-state index in [1.165, 1.54) is 0 Å². The van der Waals surface area contributed by atoms with E-state index >= 15 is 0 Å². The van der Waals surface area contributed by atoms with Gasteiger partial charge in [-0.05, 0) is 26.3 Å². The van der Waals surface area contributed by atoms with Gasteiger partial charge in [0.15, 0.2) is 0 Å². The van der Waals surface area contributed by atoms with Gasteiger partial charge in [0.2, 0.25) is 5.91 Å². The molecule has 1 unspecified atom stereocenters. The summed E-state index contributed by atoms with van der Waals surface area (Å²) in [6.07, 6.45) is 1.62. The Bertz CT molecular complexity index is 146. The first kappa shape index (κ1) is 12.4. The quantitative estimate of drug-likeness (QED) is 0.653. The Morgan fingerprint density at radius 2 is 1.92 bits per heavy atom. The molecule has 0 bridgehead atoms. The minimum absolute atomic E-state index is 0.141. The largest absolute Gasteiger partial charge is 0.354 e. The van der Waals surface area contributed by atoms with E-state index in [1.54, 1.807) is 0 Å². The minimum Gasteiger partial charge on any atom is -0.354 e. The van der Waals surface area contributed by atoms with Crippen LogP contribution in [0, 0.1) is 5.92 Å². The van der Waals surface area contributed by atoms with Crippen molar-refractivity contribution in [1.82, 2.24) is 10.6 Å². The summed E-state index contributed by atoms with van der Waals surface area (Å²) < 4.78 is 0. The second-order valence-electron chi connectivity index (χ2n) is 3.95. The van der Waals surface area contributed by atoms with Gasteiger partial charge < -0.3 is 10.6 Å². The zero-order valence-electron chi connectivity index (χ0n) is 9.18. The topological polar surface area (TPSA) is 41.1 Å². The van der Waals surface area contributed by atoms with Crippen LogP contribution >= 0.6 is 0 Å². The maximum atomic E-state index is 11.2. The van der Waals surface area contributed by atoms with Crippen LogP contribution in [-0.2, 0) is 4.79 Å². The van der Waals surface area contributed by atoms with Crippen molar-refractivity contribution in [3.63, 3.8) is 0 Å². The summed E-state index contributed by atoms with van der Waals surface area (Å²) in [4.78, 5) is 11.2. The number of rotatable bonds is 6. The molecule has 0 heterocycles. The number of nitrogens with one attached hydrogen (secondary N) is 2. The lowest BCUT2D eigenvalue weighted by Crippen LogP contribution is -2.34. The van der Waals surface area contributed by atoms with Gasteiger partial charge in [0.25, 0.3) is 0 Å². The maximum Gasteiger partial charge on any atom is 0.221 e. The Kier molecular flexibility index (Phi) is 6.59. The van der Waals surface area contributed by atoms with Gasteiger partial charge in [-0.25, -0.2) is 0 Å². The summed E-state index contributed by atoms with van der Waals surface area (Å²) >= 11 is 0. The molecule has 0 aromatic heterocycles. The van der Waals surface area contributed by atoms with Crippen molar-refractivity contribution in [2.24, 2.45) is 5.92 Å². The summed E-state index contributed by atoms with van der Waals surface area (Å²) in [5, 5.41) is 5.92. The molecule has 0 spiro atoms. The van der Waals surface area contributed by atoms with E-state index in [4.69, 9.17) is 0 Å². The van der Waals surface area contributed by atoms with Crippen LogP contribution in [0.1, 0.15) is 33.6 Å². The third kappa shape index (κ3) is 7.78. The van der Waals surface area contributed by atoms with Gasteiger partial charge in [-0.15, -0.1) is 0 Å². The first-order valence-corrected chi connectivity index (χ1v) is 5.00. The van der Waals surface area contributed by atoms with Crippen molar-refractivity contribution < 1.29 is 4.79 Å². The first-order chi connectivity index (χ1) is 6.06. The van der Waals surface area contributed by atoms with Crippen molar-refractivity contribution in [3.05, 3.63) is 0 Å². The maximum absolute atomic E-state index is 11.2. The Morgan fingerprint density at radius 1 is 1.31 bits per heavy atom. The predicted molar refractivity (Wildman–Crippen MR) is 55.6 cm³/mol. The standard InChI is InChI=1S/C10H22N2O/c1-8(2)7-9(3)12-10(13)5-6-11-4/h8-9,11H,5-7H2,1-4H3,(H,12,13). The molecular formula is C10H22N2O. The normalized spacial score (nSPS) is 13.0. The Labute approximate surface area is 81.3 Å². The molecular weight excluding hydrogens is 164 g/mol. The van der Waals surface area contributed by atoms with E-state index in [-0.39, 0.29) is 5.91 Å². The summed E-state index contributed by atoms with van der Waals surface area (Å²) in [5.41, 5.74) is 0. The molecule has 0 aromatic rings. The Morgan fingerprint density at radius 3 is 2.38 bits per heavy atom. The van der Waals surface area contributed by atoms with Gasteiger partial charge in [-0.1, -0.05) is 13.8 Å². The van der Waals surface area contributed by atoms with Gasteiger partial charge in [0, 0.05) is 19.0 Å². The van der Waals surface area contributed by atoms with Gasteiger partial charge in [-0.2, -0.15) is 0 Å². The van der Waals surface area contributed by atoms with E-state index in [2.05, 4.69) is 31.4 Å². The van der Waals surface area contributed by atoms with Crippen LogP contribution < -0.4 is 10.6 Å². The van der Waals surface area contributed by atoms with Crippen molar-refractivity contribution in [2.45, 2.75) is 39.7 Å². The number of amides is 1. The fourth-order valence-corrected chi connectivity index (χ4v) is 1.35. The molecule has 0 fully saturated rings. The lowest BCUT2D eigenvalue weighted by atomic mass is 10.1. The lowest BCUT2D eigenvalue weighted by molar-refractivity contribution is -0.121. The average Bonchev–Trinajstić information content (AvgIpc) is 1.98. The molecule has 0 aliphatic carbocycles. The van der Waals surface area contributed by atoms with Crippen LogP contribution in [0.4, 0.5) is 0 Å². The van der Waals surface area contributed by atoms with E-state index < -0.39 is 0 Å². The van der Waals surface area contributed by atoms with Crippen LogP contribution in [-0.4, -0.2) is 25.5 Å². The zero-order valence-corrected chi connectivity index (χ0v) is 9.18. The predicted octanol–water partition coefficient (Wildman–Crippen LogP) is 1.15. The van der Waals surface area contributed by atoms with Crippen LogP contribution in [0.2, 0.25) is 0 Å². The van der Waals surface area contributed by atoms with Crippen LogP contribution in [0.5, 0.6) is 0 Å². The first-order valence-electron chi connectivity index (χ1n) is 5.00. The highest BCUT2D eigenvalue weighted by Gasteiger charge is 2.07. The van der Waals surface area contributed by atoms with Gasteiger partial charge >= 0.3 is 0 Å². The van der Waals surface area contributed by atoms with Crippen molar-refractivity contribution in [3.8, 4) is 0 Å². The number of carbonyl (C=O) groups is 1. The van der Waals surface area contributed by atoms with Crippen molar-refractivity contribution >= 4 is 5.91 Å². The van der Waals surface area contributed by atoms with Crippen molar-refractivity contribution in [1.29, 1.82) is 0 Å². The third-order valence-electron chi connectivity index (χ3n) is 1.83. The third-order valence-corrected chi connectivity index (χ3v) is 1.83. The molecule has 3 nitrogen and oxygen atoms in total. The van der Waals surface area contributed by atoms with Crippen LogP contribution in [0.25, 0.3) is 0 Å². The average molecular weight is 186 g/mol. The zero-order chi connectivity index (χ0) is 10.3. The highest BCUT2D eigenvalue weighted by atomic mass is 16.1. The number of hydrogen-bond acceptors (Lipinski definition) is 2. The van der Waals surface area contributed by atoms with Crippen LogP contribution in [0.15, 0.2) is 0 Å². The number of hydrogen-bond donors (Lipinski definition) is 2. The summed E-state index contributed by atoms with van der Waals surface area (Å²) in [5.74, 6) is 0.780. The molecule has 0 rings (SSSR count). The Balaban J connectivity index is 3.53. The van der Waals surface area contributed by atoms with Crippen LogP contribution in [0.3, 0.4) is 0 Å². The fourth-order valence-electron chi connectivity index (χ4n) is 1.35. The molecule has 2 N–H and O–H groups in total. The Hall–Kier alpha value is -0.570. The monoisotopic (exact) mass is 186 g/mol. The molecule has 0 saturated heterocycles. The van der Waals surface area contributed by atoms with E-state index in [1.807, 2.05) is 7.05 Å². The SMILES string of the molecule is CNCCC(=O)NC(C)CC(C)C. The van der Waals surface area contributed by atoms with Gasteiger partial charge in [0.1, 0.15) is 0 Å². The number of carbonyl (C=O) groups excluding carboxylic acids is 1. The summed E-state index contributed by atoms with van der Waals surface area (Å²) in [6, 6.07) is 0.296. The second kappa shape index (κ2) is 6.89. The molecule has 13 heavy (non-hydrogen) atoms. The summed E-state index contributed by atoms with van der Waals surface area (Å²) in [6.45, 7) is 7.13. The molecule has 0 aliphatic rings. The molecule has 0 saturated carbocycles. The smallest absolute Gasteiger partial charge is 0.221 e. The second-order valence-corrected chi connectivity index (χ2v) is 3.95. The highest BCUT2D eigenvalue weighted by molar-refractivity contribution is 5.76. The lowest BCUT2D eigenvalue weighted by Gasteiger charge is -2.15. The van der Waals surface area contributed by atoms with Gasteiger partial charge in [0.05, 0.1) is 0 Å². The van der Waals surface area contributed by atoms with Crippen molar-refractivity contribution in [2.75, 3.05) is 13.6 Å². The fraction of sp³-hybridized carbons (Fsp3) is 0.900. The molecule has 0 aromatic carbocycles.